The van der Waals surface area contributed by atoms with Gasteiger partial charge in [-0.1, -0.05) is 12.2 Å². The second-order valence-corrected chi connectivity index (χ2v) is 6.33. The standard InChI is InChI=1S/C16H21N3O3/c1-8-12(9(2)19(3)18-8)7-17-15(20)13-10-4-5-11(6-10)14(13)16(21)22/h4-5,10-11,13-14H,6-7H2,1-3H3,(H,17,20)(H,21,22)/t10-,11-,13-,14+/m0/s1. The third kappa shape index (κ3) is 2.23. The van der Waals surface area contributed by atoms with Gasteiger partial charge in [-0.15, -0.1) is 0 Å². The van der Waals surface area contributed by atoms with E-state index in [-0.39, 0.29) is 17.7 Å². The highest BCUT2D eigenvalue weighted by Gasteiger charge is 2.51. The summed E-state index contributed by atoms with van der Waals surface area (Å²) in [5, 5.41) is 16.6. The average Bonchev–Trinajstić information content (AvgIpc) is 3.12. The van der Waals surface area contributed by atoms with Crippen LogP contribution in [0.25, 0.3) is 0 Å². The first kappa shape index (κ1) is 14.8. The number of rotatable bonds is 4. The number of hydrogen-bond acceptors (Lipinski definition) is 3. The number of amides is 1. The quantitative estimate of drug-likeness (QED) is 0.818. The molecule has 3 rings (SSSR count). The van der Waals surface area contributed by atoms with Crippen LogP contribution in [0.3, 0.4) is 0 Å². The minimum atomic E-state index is -0.870. The molecule has 22 heavy (non-hydrogen) atoms. The van der Waals surface area contributed by atoms with E-state index in [9.17, 15) is 14.7 Å². The van der Waals surface area contributed by atoms with E-state index in [1.807, 2.05) is 33.0 Å². The molecule has 0 radical (unpaired) electrons. The smallest absolute Gasteiger partial charge is 0.307 e. The molecule has 0 aromatic carbocycles. The van der Waals surface area contributed by atoms with Crippen molar-refractivity contribution >= 4 is 11.9 Å². The maximum absolute atomic E-state index is 12.5. The van der Waals surface area contributed by atoms with Crippen LogP contribution in [0.4, 0.5) is 0 Å². The number of nitrogens with zero attached hydrogens (tertiary/aromatic N) is 2. The van der Waals surface area contributed by atoms with Crippen LogP contribution < -0.4 is 5.32 Å². The second-order valence-electron chi connectivity index (χ2n) is 6.33. The molecule has 4 atom stereocenters. The van der Waals surface area contributed by atoms with Crippen LogP contribution in [-0.2, 0) is 23.2 Å². The number of fused-ring (bicyclic) bond motifs is 2. The molecule has 2 aliphatic carbocycles. The van der Waals surface area contributed by atoms with E-state index in [2.05, 4.69) is 10.4 Å². The zero-order valence-electron chi connectivity index (χ0n) is 13.0. The molecule has 0 aliphatic heterocycles. The van der Waals surface area contributed by atoms with Gasteiger partial charge in [-0.2, -0.15) is 5.10 Å². The molecule has 6 heteroatoms. The lowest BCUT2D eigenvalue weighted by molar-refractivity contribution is -0.147. The van der Waals surface area contributed by atoms with Crippen molar-refractivity contribution in [1.82, 2.24) is 15.1 Å². The maximum Gasteiger partial charge on any atom is 0.307 e. The summed E-state index contributed by atoms with van der Waals surface area (Å²) in [6, 6.07) is 0. The molecule has 1 aromatic rings. The van der Waals surface area contributed by atoms with Crippen LogP contribution in [0.15, 0.2) is 12.2 Å². The van der Waals surface area contributed by atoms with Crippen LogP contribution in [0.2, 0.25) is 0 Å². The number of allylic oxidation sites excluding steroid dienone is 2. The summed E-state index contributed by atoms with van der Waals surface area (Å²) in [5.41, 5.74) is 2.91. The Bertz CT molecular complexity index is 662. The summed E-state index contributed by atoms with van der Waals surface area (Å²) in [7, 11) is 1.87. The first-order chi connectivity index (χ1) is 10.4. The van der Waals surface area contributed by atoms with Gasteiger partial charge in [0, 0.05) is 24.8 Å². The Balaban J connectivity index is 1.72. The van der Waals surface area contributed by atoms with Gasteiger partial charge in [0.05, 0.1) is 17.5 Å². The molecule has 1 aromatic heterocycles. The summed E-state index contributed by atoms with van der Waals surface area (Å²) in [5.74, 6) is -2.02. The van der Waals surface area contributed by atoms with Crippen LogP contribution in [0.1, 0.15) is 23.4 Å². The van der Waals surface area contributed by atoms with Crippen molar-refractivity contribution < 1.29 is 14.7 Å². The molecule has 0 saturated heterocycles. The Kier molecular flexibility index (Phi) is 3.54. The van der Waals surface area contributed by atoms with Crippen LogP contribution in [0.5, 0.6) is 0 Å². The molecular weight excluding hydrogens is 282 g/mol. The number of carboxylic acid groups (broad SMARTS) is 1. The molecule has 1 fully saturated rings. The zero-order chi connectivity index (χ0) is 16.0. The molecule has 1 amide bonds. The summed E-state index contributed by atoms with van der Waals surface area (Å²) in [6.07, 6.45) is 4.72. The molecule has 1 saturated carbocycles. The number of aliphatic carboxylic acids is 1. The molecular formula is C16H21N3O3. The predicted molar refractivity (Wildman–Crippen MR) is 79.9 cm³/mol. The lowest BCUT2D eigenvalue weighted by Crippen LogP contribution is -2.40. The first-order valence-corrected chi connectivity index (χ1v) is 7.58. The molecule has 1 heterocycles. The second kappa shape index (κ2) is 5.26. The lowest BCUT2D eigenvalue weighted by Gasteiger charge is -2.23. The van der Waals surface area contributed by atoms with Crippen molar-refractivity contribution in [3.63, 3.8) is 0 Å². The van der Waals surface area contributed by atoms with Crippen LogP contribution in [0, 0.1) is 37.5 Å². The predicted octanol–water partition coefficient (Wildman–Crippen LogP) is 1.18. The molecule has 2 aliphatic rings. The largest absolute Gasteiger partial charge is 0.481 e. The van der Waals surface area contributed by atoms with Crippen molar-refractivity contribution in [1.29, 1.82) is 0 Å². The topological polar surface area (TPSA) is 84.2 Å². The van der Waals surface area contributed by atoms with Gasteiger partial charge >= 0.3 is 5.97 Å². The summed E-state index contributed by atoms with van der Waals surface area (Å²) in [4.78, 5) is 24.0. The Morgan fingerprint density at radius 3 is 2.50 bits per heavy atom. The van der Waals surface area contributed by atoms with Gasteiger partial charge in [0.1, 0.15) is 0 Å². The van der Waals surface area contributed by atoms with Crippen LogP contribution >= 0.6 is 0 Å². The molecule has 118 valence electrons. The number of carbonyl (C=O) groups is 2. The maximum atomic E-state index is 12.5. The fourth-order valence-electron chi connectivity index (χ4n) is 3.88. The average molecular weight is 303 g/mol. The number of aryl methyl sites for hydroxylation is 2. The van der Waals surface area contributed by atoms with Gasteiger partial charge in [0.25, 0.3) is 0 Å². The van der Waals surface area contributed by atoms with E-state index in [4.69, 9.17) is 0 Å². The van der Waals surface area contributed by atoms with E-state index >= 15 is 0 Å². The SMILES string of the molecule is Cc1nn(C)c(C)c1CNC(=O)[C@@H]1[C@H](C(=O)O)[C@H]2C=C[C@H]1C2. The minimum absolute atomic E-state index is 0.000106. The highest BCUT2D eigenvalue weighted by molar-refractivity contribution is 5.86. The number of carbonyl (C=O) groups excluding carboxylic acids is 1. The van der Waals surface area contributed by atoms with E-state index in [0.717, 1.165) is 23.4 Å². The summed E-state index contributed by atoms with van der Waals surface area (Å²) >= 11 is 0. The van der Waals surface area contributed by atoms with Crippen molar-refractivity contribution in [2.75, 3.05) is 0 Å². The van der Waals surface area contributed by atoms with Gasteiger partial charge in [-0.05, 0) is 32.1 Å². The third-order valence-electron chi connectivity index (χ3n) is 5.15. The van der Waals surface area contributed by atoms with E-state index in [1.54, 1.807) is 4.68 Å². The highest BCUT2D eigenvalue weighted by Crippen LogP contribution is 2.48. The normalized spacial score (nSPS) is 29.0. The van der Waals surface area contributed by atoms with Gasteiger partial charge in [0.15, 0.2) is 0 Å². The molecule has 0 unspecified atom stereocenters. The van der Waals surface area contributed by atoms with Crippen molar-refractivity contribution in [3.05, 3.63) is 29.1 Å². The summed E-state index contributed by atoms with van der Waals surface area (Å²) < 4.78 is 1.79. The fourth-order valence-corrected chi connectivity index (χ4v) is 3.88. The first-order valence-electron chi connectivity index (χ1n) is 7.58. The lowest BCUT2D eigenvalue weighted by atomic mass is 9.82. The zero-order valence-corrected chi connectivity index (χ0v) is 13.0. The van der Waals surface area contributed by atoms with Crippen molar-refractivity contribution in [2.24, 2.45) is 30.7 Å². The number of nitrogens with one attached hydrogen (secondary N) is 1. The molecule has 2 N–H and O–H groups in total. The molecule has 6 nitrogen and oxygen atoms in total. The van der Waals surface area contributed by atoms with E-state index in [0.29, 0.717) is 6.54 Å². The van der Waals surface area contributed by atoms with Gasteiger partial charge in [-0.25, -0.2) is 0 Å². The number of hydrogen-bond donors (Lipinski definition) is 2. The van der Waals surface area contributed by atoms with E-state index in [1.165, 1.54) is 0 Å². The third-order valence-corrected chi connectivity index (χ3v) is 5.15. The highest BCUT2D eigenvalue weighted by atomic mass is 16.4. The van der Waals surface area contributed by atoms with Gasteiger partial charge in [-0.3, -0.25) is 14.3 Å². The number of aromatic nitrogens is 2. The Hall–Kier alpha value is -2.11. The van der Waals surface area contributed by atoms with Gasteiger partial charge in [0.2, 0.25) is 5.91 Å². The molecule has 2 bridgehead atoms. The van der Waals surface area contributed by atoms with Gasteiger partial charge < -0.3 is 10.4 Å². The summed E-state index contributed by atoms with van der Waals surface area (Å²) in [6.45, 7) is 4.27. The fraction of sp³-hybridized carbons (Fsp3) is 0.562. The Morgan fingerprint density at radius 1 is 1.32 bits per heavy atom. The van der Waals surface area contributed by atoms with Crippen LogP contribution in [-0.4, -0.2) is 26.8 Å². The number of carboxylic acids is 1. The molecule has 0 spiro atoms. The Labute approximate surface area is 129 Å². The van der Waals surface area contributed by atoms with E-state index < -0.39 is 17.8 Å². The van der Waals surface area contributed by atoms with Crippen molar-refractivity contribution in [3.8, 4) is 0 Å². The minimum Gasteiger partial charge on any atom is -0.481 e. The Morgan fingerprint density at radius 2 is 1.95 bits per heavy atom. The monoisotopic (exact) mass is 303 g/mol. The van der Waals surface area contributed by atoms with Crippen molar-refractivity contribution in [2.45, 2.75) is 26.8 Å².